The highest BCUT2D eigenvalue weighted by molar-refractivity contribution is 7.99. The van der Waals surface area contributed by atoms with Crippen LogP contribution < -0.4 is 0 Å². The highest BCUT2D eigenvalue weighted by atomic mass is 32.2. The quantitative estimate of drug-likeness (QED) is 0.511. The third kappa shape index (κ3) is 2.71. The van der Waals surface area contributed by atoms with Gasteiger partial charge in [-0.3, -0.25) is 0 Å². The lowest BCUT2D eigenvalue weighted by atomic mass is 10.4. The summed E-state index contributed by atoms with van der Waals surface area (Å²) in [5.41, 5.74) is 1.87. The lowest BCUT2D eigenvalue weighted by Crippen LogP contribution is -1.76. The first-order chi connectivity index (χ1) is 4.93. The van der Waals surface area contributed by atoms with Crippen LogP contribution in [0.25, 0.3) is 0 Å². The highest BCUT2D eigenvalue weighted by Gasteiger charge is 1.92. The number of rotatable bonds is 4. The fraction of sp³-hybridized carbons (Fsp3) is 0.429. The molecule has 0 aliphatic rings. The number of hydrogen-bond donors (Lipinski definition) is 0. The molecule has 0 atom stereocenters. The van der Waals surface area contributed by atoms with E-state index in [4.69, 9.17) is 0 Å². The van der Waals surface area contributed by atoms with Crippen LogP contribution >= 0.6 is 23.1 Å². The summed E-state index contributed by atoms with van der Waals surface area (Å²) in [6, 6.07) is 0. The molecule has 10 heavy (non-hydrogen) atoms. The van der Waals surface area contributed by atoms with Crippen molar-refractivity contribution in [3.05, 3.63) is 17.8 Å². The maximum atomic E-state index is 4.15. The van der Waals surface area contributed by atoms with Gasteiger partial charge in [0.2, 0.25) is 0 Å². The van der Waals surface area contributed by atoms with Gasteiger partial charge in [0.05, 0.1) is 5.51 Å². The minimum atomic E-state index is 1.02. The van der Waals surface area contributed by atoms with Gasteiger partial charge in [0, 0.05) is 5.38 Å². The summed E-state index contributed by atoms with van der Waals surface area (Å²) in [6.45, 7) is 3.77. The van der Waals surface area contributed by atoms with E-state index in [1.165, 1.54) is 6.42 Å². The zero-order chi connectivity index (χ0) is 7.23. The van der Waals surface area contributed by atoms with Crippen molar-refractivity contribution in [2.75, 3.05) is 5.75 Å². The molecule has 0 saturated carbocycles. The van der Waals surface area contributed by atoms with Gasteiger partial charge in [-0.05, 0) is 12.2 Å². The Hall–Kier alpha value is -0.0200. The monoisotopic (exact) mass is 172 g/mol. The maximum absolute atomic E-state index is 4.15. The number of unbranched alkanes of at least 4 members (excludes halogenated alkanes) is 1. The Morgan fingerprint density at radius 2 is 2.60 bits per heavy atom. The molecule has 1 nitrogen and oxygen atoms in total. The lowest BCUT2D eigenvalue weighted by Gasteiger charge is -1.92. The third-order valence-corrected chi connectivity index (χ3v) is 2.80. The molecule has 0 aromatic carbocycles. The molecule has 0 aliphatic heterocycles. The summed E-state index contributed by atoms with van der Waals surface area (Å²) in [5.74, 6) is 1.15. The molecular weight excluding hydrogens is 162 g/mol. The number of nitrogens with zero attached hydrogens (tertiary/aromatic N) is 1. The molecule has 0 unspecified atom stereocenters. The Morgan fingerprint density at radius 3 is 3.20 bits per heavy atom. The van der Waals surface area contributed by atoms with E-state index in [0.717, 1.165) is 17.2 Å². The minimum absolute atomic E-state index is 1.02. The molecule has 1 rings (SSSR count). The highest BCUT2D eigenvalue weighted by Crippen LogP contribution is 2.18. The second-order valence-electron chi connectivity index (χ2n) is 1.88. The summed E-state index contributed by atoms with van der Waals surface area (Å²) >= 11 is 3.46. The molecule has 0 amide bonds. The molecule has 1 aromatic heterocycles. The molecule has 0 saturated heterocycles. The van der Waals surface area contributed by atoms with E-state index in [-0.39, 0.29) is 0 Å². The SMILES string of the molecule is [CH2]CCCSc1cscn1. The third-order valence-electron chi connectivity index (χ3n) is 1.05. The first-order valence-electron chi connectivity index (χ1n) is 3.23. The van der Waals surface area contributed by atoms with Crippen molar-refractivity contribution >= 4 is 23.1 Å². The van der Waals surface area contributed by atoms with Crippen LogP contribution in [0.1, 0.15) is 12.8 Å². The Morgan fingerprint density at radius 1 is 1.70 bits per heavy atom. The van der Waals surface area contributed by atoms with E-state index in [1.807, 2.05) is 17.3 Å². The second kappa shape index (κ2) is 4.74. The van der Waals surface area contributed by atoms with Gasteiger partial charge in [-0.15, -0.1) is 23.1 Å². The maximum Gasteiger partial charge on any atom is 0.107 e. The van der Waals surface area contributed by atoms with Crippen LogP contribution in [0.3, 0.4) is 0 Å². The minimum Gasteiger partial charge on any atom is -0.238 e. The van der Waals surface area contributed by atoms with Crippen molar-refractivity contribution in [3.8, 4) is 0 Å². The first kappa shape index (κ1) is 8.08. The van der Waals surface area contributed by atoms with Gasteiger partial charge in [0.25, 0.3) is 0 Å². The van der Waals surface area contributed by atoms with Crippen LogP contribution in [0.15, 0.2) is 15.9 Å². The van der Waals surface area contributed by atoms with Crippen LogP contribution in [0, 0.1) is 6.92 Å². The fourth-order valence-corrected chi connectivity index (χ4v) is 2.15. The Kier molecular flexibility index (Phi) is 3.83. The number of hydrogen-bond acceptors (Lipinski definition) is 3. The predicted octanol–water partition coefficient (Wildman–Crippen LogP) is 2.85. The zero-order valence-corrected chi connectivity index (χ0v) is 7.38. The van der Waals surface area contributed by atoms with Crippen molar-refractivity contribution in [3.63, 3.8) is 0 Å². The summed E-state index contributed by atoms with van der Waals surface area (Å²) in [7, 11) is 0. The van der Waals surface area contributed by atoms with Gasteiger partial charge in [0.1, 0.15) is 5.03 Å². The van der Waals surface area contributed by atoms with E-state index in [0.29, 0.717) is 0 Å². The van der Waals surface area contributed by atoms with Gasteiger partial charge in [-0.25, -0.2) is 4.98 Å². The molecule has 1 heterocycles. The average molecular weight is 172 g/mol. The molecule has 0 fully saturated rings. The van der Waals surface area contributed by atoms with Gasteiger partial charge in [-0.1, -0.05) is 13.3 Å². The second-order valence-corrected chi connectivity index (χ2v) is 3.72. The van der Waals surface area contributed by atoms with Gasteiger partial charge >= 0.3 is 0 Å². The first-order valence-corrected chi connectivity index (χ1v) is 5.16. The number of aromatic nitrogens is 1. The van der Waals surface area contributed by atoms with Crippen LogP contribution in [0.5, 0.6) is 0 Å². The van der Waals surface area contributed by atoms with Crippen molar-refractivity contribution < 1.29 is 0 Å². The molecule has 0 bridgehead atoms. The summed E-state index contributed by atoms with van der Waals surface area (Å²) < 4.78 is 0. The van der Waals surface area contributed by atoms with Crippen LogP contribution in [-0.4, -0.2) is 10.7 Å². The molecule has 3 heteroatoms. The van der Waals surface area contributed by atoms with E-state index in [9.17, 15) is 0 Å². The molecular formula is C7H10NS2. The topological polar surface area (TPSA) is 12.9 Å². The van der Waals surface area contributed by atoms with Crippen molar-refractivity contribution in [1.82, 2.24) is 4.98 Å². The van der Waals surface area contributed by atoms with E-state index < -0.39 is 0 Å². The van der Waals surface area contributed by atoms with Crippen molar-refractivity contribution in [2.45, 2.75) is 17.9 Å². The van der Waals surface area contributed by atoms with Gasteiger partial charge < -0.3 is 0 Å². The summed E-state index contributed by atoms with van der Waals surface area (Å²) in [4.78, 5) is 4.15. The molecule has 0 aliphatic carbocycles. The van der Waals surface area contributed by atoms with E-state index in [2.05, 4.69) is 17.3 Å². The van der Waals surface area contributed by atoms with Gasteiger partial charge in [-0.2, -0.15) is 0 Å². The largest absolute Gasteiger partial charge is 0.238 e. The van der Waals surface area contributed by atoms with E-state index in [1.54, 1.807) is 11.3 Å². The van der Waals surface area contributed by atoms with Crippen LogP contribution in [0.2, 0.25) is 0 Å². The zero-order valence-electron chi connectivity index (χ0n) is 5.75. The average Bonchev–Trinajstić information content (AvgIpc) is 2.41. The lowest BCUT2D eigenvalue weighted by molar-refractivity contribution is 0.967. The molecule has 1 radical (unpaired) electrons. The molecule has 0 spiro atoms. The molecule has 0 N–H and O–H groups in total. The Bertz CT molecular complexity index is 160. The predicted molar refractivity (Wildman–Crippen MR) is 47.4 cm³/mol. The Labute approximate surface area is 69.9 Å². The van der Waals surface area contributed by atoms with Crippen LogP contribution in [-0.2, 0) is 0 Å². The summed E-state index contributed by atoms with van der Waals surface area (Å²) in [5, 5.41) is 3.23. The van der Waals surface area contributed by atoms with Crippen LogP contribution in [0.4, 0.5) is 0 Å². The van der Waals surface area contributed by atoms with Crippen molar-refractivity contribution in [1.29, 1.82) is 0 Å². The standard InChI is InChI=1S/C7H10NS2/c1-2-3-4-10-7-5-9-6-8-7/h5-6H,1-4H2. The van der Waals surface area contributed by atoms with E-state index >= 15 is 0 Å². The van der Waals surface area contributed by atoms with Crippen molar-refractivity contribution in [2.24, 2.45) is 0 Å². The number of thioether (sulfide) groups is 1. The normalized spacial score (nSPS) is 10.1. The summed E-state index contributed by atoms with van der Waals surface area (Å²) in [6.07, 6.45) is 2.21. The number of thiazole rings is 1. The smallest absolute Gasteiger partial charge is 0.107 e. The Balaban J connectivity index is 2.15. The molecule has 55 valence electrons. The fourth-order valence-electron chi connectivity index (χ4n) is 0.552. The van der Waals surface area contributed by atoms with Gasteiger partial charge in [0.15, 0.2) is 0 Å². The molecule has 1 aromatic rings.